The Labute approximate surface area is 111 Å². The van der Waals surface area contributed by atoms with Crippen molar-refractivity contribution >= 4 is 0 Å². The van der Waals surface area contributed by atoms with Gasteiger partial charge in [0.25, 0.3) is 0 Å². The Bertz CT molecular complexity index is 320. The summed E-state index contributed by atoms with van der Waals surface area (Å²) in [5.41, 5.74) is 1.17. The Hall–Kier alpha value is -0.930. The largest absolute Gasteiger partial charge is 0.317 e. The van der Waals surface area contributed by atoms with E-state index in [1.54, 1.807) is 0 Å². The van der Waals surface area contributed by atoms with E-state index >= 15 is 0 Å². The van der Waals surface area contributed by atoms with Crippen LogP contribution in [0.2, 0.25) is 0 Å². The number of pyridine rings is 1. The van der Waals surface area contributed by atoms with E-state index in [1.807, 2.05) is 12.3 Å². The SMILES string of the molecule is CN(CCCC1CCNCC1)Cc1ccccn1. The van der Waals surface area contributed by atoms with E-state index in [0.717, 1.165) is 12.5 Å². The zero-order valence-corrected chi connectivity index (χ0v) is 11.4. The van der Waals surface area contributed by atoms with Gasteiger partial charge in [-0.1, -0.05) is 6.07 Å². The molecule has 0 amide bonds. The van der Waals surface area contributed by atoms with Gasteiger partial charge in [-0.3, -0.25) is 4.98 Å². The molecule has 1 aliphatic rings. The van der Waals surface area contributed by atoms with Crippen LogP contribution in [-0.2, 0) is 6.54 Å². The molecule has 1 N–H and O–H groups in total. The van der Waals surface area contributed by atoms with Crippen molar-refractivity contribution in [2.45, 2.75) is 32.2 Å². The van der Waals surface area contributed by atoms with Gasteiger partial charge in [-0.25, -0.2) is 0 Å². The molecule has 1 saturated heterocycles. The number of nitrogens with one attached hydrogen (secondary N) is 1. The van der Waals surface area contributed by atoms with Gasteiger partial charge in [0.15, 0.2) is 0 Å². The standard InChI is InChI=1S/C15H25N3/c1-18(13-15-6-2-3-9-17-15)12-4-5-14-7-10-16-11-8-14/h2-3,6,9,14,16H,4-5,7-8,10-13H2,1H3. The molecule has 0 atom stereocenters. The fraction of sp³-hybridized carbons (Fsp3) is 0.667. The summed E-state index contributed by atoms with van der Waals surface area (Å²) in [6.07, 6.45) is 7.30. The Kier molecular flexibility index (Phi) is 5.62. The topological polar surface area (TPSA) is 28.2 Å². The van der Waals surface area contributed by atoms with Crippen LogP contribution in [0.5, 0.6) is 0 Å². The summed E-state index contributed by atoms with van der Waals surface area (Å²) >= 11 is 0. The Morgan fingerprint density at radius 3 is 2.89 bits per heavy atom. The van der Waals surface area contributed by atoms with Crippen LogP contribution in [0.4, 0.5) is 0 Å². The van der Waals surface area contributed by atoms with Crippen LogP contribution in [0.15, 0.2) is 24.4 Å². The summed E-state index contributed by atoms with van der Waals surface area (Å²) in [5, 5.41) is 3.43. The molecule has 0 unspecified atom stereocenters. The lowest BCUT2D eigenvalue weighted by Crippen LogP contribution is -2.28. The Morgan fingerprint density at radius 2 is 2.17 bits per heavy atom. The van der Waals surface area contributed by atoms with Crippen LogP contribution >= 0.6 is 0 Å². The predicted octanol–water partition coefficient (Wildman–Crippen LogP) is 2.29. The highest BCUT2D eigenvalue weighted by molar-refractivity contribution is 5.02. The first kappa shape index (κ1) is 13.5. The zero-order valence-electron chi connectivity index (χ0n) is 11.4. The third-order valence-corrected chi connectivity index (χ3v) is 3.77. The number of aromatic nitrogens is 1. The van der Waals surface area contributed by atoms with E-state index < -0.39 is 0 Å². The van der Waals surface area contributed by atoms with Crippen LogP contribution in [0, 0.1) is 5.92 Å². The molecule has 3 nitrogen and oxygen atoms in total. The maximum absolute atomic E-state index is 4.37. The third kappa shape index (κ3) is 4.75. The molecule has 0 spiro atoms. The highest BCUT2D eigenvalue weighted by Crippen LogP contribution is 2.17. The van der Waals surface area contributed by atoms with Gasteiger partial charge in [0.2, 0.25) is 0 Å². The van der Waals surface area contributed by atoms with Crippen molar-refractivity contribution in [3.8, 4) is 0 Å². The number of hydrogen-bond donors (Lipinski definition) is 1. The quantitative estimate of drug-likeness (QED) is 0.836. The number of piperidine rings is 1. The highest BCUT2D eigenvalue weighted by Gasteiger charge is 2.12. The molecule has 0 aromatic carbocycles. The lowest BCUT2D eigenvalue weighted by atomic mass is 9.93. The van der Waals surface area contributed by atoms with E-state index in [1.165, 1.54) is 51.0 Å². The van der Waals surface area contributed by atoms with Gasteiger partial charge in [-0.2, -0.15) is 0 Å². The van der Waals surface area contributed by atoms with Gasteiger partial charge in [0.1, 0.15) is 0 Å². The fourth-order valence-corrected chi connectivity index (χ4v) is 2.67. The molecular weight excluding hydrogens is 222 g/mol. The van der Waals surface area contributed by atoms with E-state index in [9.17, 15) is 0 Å². The molecule has 100 valence electrons. The molecule has 1 aromatic rings. The minimum atomic E-state index is 0.953. The van der Waals surface area contributed by atoms with E-state index in [4.69, 9.17) is 0 Å². The first-order valence-electron chi connectivity index (χ1n) is 7.14. The number of hydrogen-bond acceptors (Lipinski definition) is 3. The van der Waals surface area contributed by atoms with Crippen molar-refractivity contribution in [2.24, 2.45) is 5.92 Å². The van der Waals surface area contributed by atoms with Crippen molar-refractivity contribution in [1.29, 1.82) is 0 Å². The number of rotatable bonds is 6. The molecule has 1 aliphatic heterocycles. The minimum Gasteiger partial charge on any atom is -0.317 e. The summed E-state index contributed by atoms with van der Waals surface area (Å²) in [5.74, 6) is 0.953. The minimum absolute atomic E-state index is 0.953. The molecule has 0 radical (unpaired) electrons. The molecule has 0 aliphatic carbocycles. The smallest absolute Gasteiger partial charge is 0.0543 e. The molecule has 2 heterocycles. The average molecular weight is 247 g/mol. The Balaban J connectivity index is 1.61. The van der Waals surface area contributed by atoms with Gasteiger partial charge >= 0.3 is 0 Å². The lowest BCUT2D eigenvalue weighted by molar-refractivity contribution is 0.283. The molecule has 1 fully saturated rings. The van der Waals surface area contributed by atoms with Crippen LogP contribution in [0.3, 0.4) is 0 Å². The molecule has 0 bridgehead atoms. The van der Waals surface area contributed by atoms with E-state index in [-0.39, 0.29) is 0 Å². The average Bonchev–Trinajstić information content (AvgIpc) is 2.41. The van der Waals surface area contributed by atoms with Crippen LogP contribution in [0.1, 0.15) is 31.4 Å². The number of nitrogens with zero attached hydrogens (tertiary/aromatic N) is 2. The second kappa shape index (κ2) is 7.49. The molecule has 0 saturated carbocycles. The summed E-state index contributed by atoms with van der Waals surface area (Å²) in [6, 6.07) is 6.13. The van der Waals surface area contributed by atoms with Gasteiger partial charge < -0.3 is 10.2 Å². The molecule has 1 aromatic heterocycles. The third-order valence-electron chi connectivity index (χ3n) is 3.77. The second-order valence-corrected chi connectivity index (χ2v) is 5.39. The van der Waals surface area contributed by atoms with Crippen molar-refractivity contribution in [1.82, 2.24) is 15.2 Å². The van der Waals surface area contributed by atoms with Gasteiger partial charge in [0, 0.05) is 12.7 Å². The zero-order chi connectivity index (χ0) is 12.6. The first-order valence-corrected chi connectivity index (χ1v) is 7.14. The summed E-state index contributed by atoms with van der Waals surface area (Å²) in [4.78, 5) is 6.75. The molecule has 2 rings (SSSR count). The van der Waals surface area contributed by atoms with Gasteiger partial charge in [0.05, 0.1) is 5.69 Å². The summed E-state index contributed by atoms with van der Waals surface area (Å²) < 4.78 is 0. The normalized spacial score (nSPS) is 17.2. The summed E-state index contributed by atoms with van der Waals surface area (Å²) in [7, 11) is 2.19. The van der Waals surface area contributed by atoms with Gasteiger partial charge in [-0.05, 0) is 70.4 Å². The summed E-state index contributed by atoms with van der Waals surface area (Å²) in [6.45, 7) is 4.58. The van der Waals surface area contributed by atoms with Crippen LogP contribution in [-0.4, -0.2) is 36.6 Å². The van der Waals surface area contributed by atoms with Crippen LogP contribution in [0.25, 0.3) is 0 Å². The van der Waals surface area contributed by atoms with Crippen molar-refractivity contribution in [3.05, 3.63) is 30.1 Å². The predicted molar refractivity (Wildman–Crippen MR) is 75.4 cm³/mol. The van der Waals surface area contributed by atoms with E-state index in [2.05, 4.69) is 34.4 Å². The molecular formula is C15H25N3. The Morgan fingerprint density at radius 1 is 1.33 bits per heavy atom. The van der Waals surface area contributed by atoms with Crippen molar-refractivity contribution in [2.75, 3.05) is 26.7 Å². The lowest BCUT2D eigenvalue weighted by Gasteiger charge is -2.23. The monoisotopic (exact) mass is 247 g/mol. The van der Waals surface area contributed by atoms with Crippen molar-refractivity contribution in [3.63, 3.8) is 0 Å². The van der Waals surface area contributed by atoms with Crippen LogP contribution < -0.4 is 5.32 Å². The van der Waals surface area contributed by atoms with E-state index in [0.29, 0.717) is 0 Å². The highest BCUT2D eigenvalue weighted by atomic mass is 15.1. The molecule has 3 heteroatoms. The maximum atomic E-state index is 4.37. The molecule has 18 heavy (non-hydrogen) atoms. The van der Waals surface area contributed by atoms with Gasteiger partial charge in [-0.15, -0.1) is 0 Å². The fourth-order valence-electron chi connectivity index (χ4n) is 2.67. The maximum Gasteiger partial charge on any atom is 0.0543 e. The first-order chi connectivity index (χ1) is 8.84. The second-order valence-electron chi connectivity index (χ2n) is 5.39. The van der Waals surface area contributed by atoms with Crippen molar-refractivity contribution < 1.29 is 0 Å².